The molecule has 6 heteroatoms. The number of aromatic amines is 1. The SMILES string of the molecule is Cc1cncc([C@@H]2CCCN(C(=O)c3cc4c([nH]c3=O)CCCC4)C2)n1. The number of fused-ring (bicyclic) bond motifs is 1. The number of aryl methyl sites for hydroxylation is 3. The summed E-state index contributed by atoms with van der Waals surface area (Å²) in [5.74, 6) is 0.0155. The molecular weight excluding hydrogens is 328 g/mol. The van der Waals surface area contributed by atoms with E-state index >= 15 is 0 Å². The quantitative estimate of drug-likeness (QED) is 0.900. The van der Waals surface area contributed by atoms with Gasteiger partial charge in [0.15, 0.2) is 0 Å². The largest absolute Gasteiger partial charge is 0.338 e. The first-order chi connectivity index (χ1) is 12.6. The fourth-order valence-electron chi connectivity index (χ4n) is 4.09. The van der Waals surface area contributed by atoms with Gasteiger partial charge in [0.2, 0.25) is 0 Å². The average molecular weight is 352 g/mol. The molecule has 4 rings (SSSR count). The summed E-state index contributed by atoms with van der Waals surface area (Å²) in [5, 5.41) is 0. The molecule has 136 valence electrons. The number of amides is 1. The molecule has 1 aliphatic heterocycles. The van der Waals surface area contributed by atoms with Gasteiger partial charge < -0.3 is 9.88 Å². The molecule has 0 unspecified atom stereocenters. The second-order valence-corrected chi connectivity index (χ2v) is 7.40. The highest BCUT2D eigenvalue weighted by Gasteiger charge is 2.28. The van der Waals surface area contributed by atoms with Crippen LogP contribution in [0.3, 0.4) is 0 Å². The van der Waals surface area contributed by atoms with Gasteiger partial charge in [-0.25, -0.2) is 0 Å². The first kappa shape index (κ1) is 16.9. The highest BCUT2D eigenvalue weighted by Crippen LogP contribution is 2.26. The third-order valence-electron chi connectivity index (χ3n) is 5.47. The van der Waals surface area contributed by atoms with E-state index in [0.29, 0.717) is 13.1 Å². The number of rotatable bonds is 2. The molecule has 0 aromatic carbocycles. The third-order valence-corrected chi connectivity index (χ3v) is 5.47. The summed E-state index contributed by atoms with van der Waals surface area (Å²) >= 11 is 0. The highest BCUT2D eigenvalue weighted by atomic mass is 16.2. The van der Waals surface area contributed by atoms with Crippen molar-refractivity contribution >= 4 is 5.91 Å². The van der Waals surface area contributed by atoms with Gasteiger partial charge in [0.1, 0.15) is 5.56 Å². The van der Waals surface area contributed by atoms with Crippen LogP contribution in [0.1, 0.15) is 64.6 Å². The predicted octanol–water partition coefficient (Wildman–Crippen LogP) is 2.37. The molecule has 1 aliphatic carbocycles. The van der Waals surface area contributed by atoms with Crippen molar-refractivity contribution in [3.63, 3.8) is 0 Å². The fraction of sp³-hybridized carbons (Fsp3) is 0.500. The van der Waals surface area contributed by atoms with E-state index in [1.165, 1.54) is 0 Å². The fourth-order valence-corrected chi connectivity index (χ4v) is 4.09. The normalized spacial score (nSPS) is 19.9. The van der Waals surface area contributed by atoms with Gasteiger partial charge in [0.05, 0.1) is 11.4 Å². The first-order valence-corrected chi connectivity index (χ1v) is 9.44. The minimum absolute atomic E-state index is 0.162. The number of pyridine rings is 1. The van der Waals surface area contributed by atoms with Crippen molar-refractivity contribution in [3.05, 3.63) is 57.0 Å². The second-order valence-electron chi connectivity index (χ2n) is 7.40. The summed E-state index contributed by atoms with van der Waals surface area (Å²) in [6.45, 7) is 3.20. The maximum atomic E-state index is 13.0. The molecule has 26 heavy (non-hydrogen) atoms. The van der Waals surface area contributed by atoms with Gasteiger partial charge in [-0.05, 0) is 57.1 Å². The lowest BCUT2D eigenvalue weighted by atomic mass is 9.93. The minimum Gasteiger partial charge on any atom is -0.338 e. The second kappa shape index (κ2) is 7.02. The van der Waals surface area contributed by atoms with E-state index in [-0.39, 0.29) is 22.9 Å². The molecule has 0 bridgehead atoms. The van der Waals surface area contributed by atoms with Crippen LogP contribution in [0.2, 0.25) is 0 Å². The van der Waals surface area contributed by atoms with Gasteiger partial charge in [0, 0.05) is 37.1 Å². The van der Waals surface area contributed by atoms with E-state index in [4.69, 9.17) is 0 Å². The van der Waals surface area contributed by atoms with Crippen molar-refractivity contribution in [2.45, 2.75) is 51.4 Å². The number of carbonyl (C=O) groups is 1. The number of nitrogens with one attached hydrogen (secondary N) is 1. The molecule has 1 fully saturated rings. The summed E-state index contributed by atoms with van der Waals surface area (Å²) in [6.07, 6.45) is 9.48. The molecular formula is C20H24N4O2. The van der Waals surface area contributed by atoms with Gasteiger partial charge in [-0.15, -0.1) is 0 Å². The molecule has 1 saturated heterocycles. The lowest BCUT2D eigenvalue weighted by Crippen LogP contribution is -2.41. The predicted molar refractivity (Wildman–Crippen MR) is 98.4 cm³/mol. The molecule has 0 saturated carbocycles. The molecule has 1 atom stereocenters. The standard InChI is InChI=1S/C20H24N4O2/c1-13-10-21-11-18(22-13)15-6-4-8-24(12-15)20(26)16-9-14-5-2-3-7-17(14)23-19(16)25/h9-11,15H,2-8,12H2,1H3,(H,23,25)/t15-/m1/s1. The van der Waals surface area contributed by atoms with E-state index in [1.54, 1.807) is 17.3 Å². The van der Waals surface area contributed by atoms with E-state index in [1.807, 2.05) is 13.0 Å². The number of H-pyrrole nitrogens is 1. The van der Waals surface area contributed by atoms with Crippen LogP contribution in [-0.2, 0) is 12.8 Å². The van der Waals surface area contributed by atoms with Crippen molar-refractivity contribution in [3.8, 4) is 0 Å². The van der Waals surface area contributed by atoms with Crippen molar-refractivity contribution in [2.75, 3.05) is 13.1 Å². The van der Waals surface area contributed by atoms with Crippen LogP contribution >= 0.6 is 0 Å². The zero-order valence-corrected chi connectivity index (χ0v) is 15.1. The zero-order chi connectivity index (χ0) is 18.1. The van der Waals surface area contributed by atoms with Gasteiger partial charge in [-0.2, -0.15) is 0 Å². The summed E-state index contributed by atoms with van der Waals surface area (Å²) in [7, 11) is 0. The summed E-state index contributed by atoms with van der Waals surface area (Å²) in [6, 6.07) is 1.83. The lowest BCUT2D eigenvalue weighted by molar-refractivity contribution is 0.0703. The Kier molecular flexibility index (Phi) is 4.57. The lowest BCUT2D eigenvalue weighted by Gasteiger charge is -2.32. The molecule has 0 spiro atoms. The highest BCUT2D eigenvalue weighted by molar-refractivity contribution is 5.94. The van der Waals surface area contributed by atoms with Gasteiger partial charge in [0.25, 0.3) is 11.5 Å². The van der Waals surface area contributed by atoms with E-state index in [2.05, 4.69) is 15.0 Å². The molecule has 1 amide bonds. The van der Waals surface area contributed by atoms with E-state index in [9.17, 15) is 9.59 Å². The average Bonchev–Trinajstić information content (AvgIpc) is 2.67. The summed E-state index contributed by atoms with van der Waals surface area (Å²) in [4.78, 5) is 39.0. The van der Waals surface area contributed by atoms with Crippen molar-refractivity contribution in [1.29, 1.82) is 0 Å². The number of carbonyl (C=O) groups excluding carboxylic acids is 1. The van der Waals surface area contributed by atoms with Crippen LogP contribution in [0.25, 0.3) is 0 Å². The van der Waals surface area contributed by atoms with Gasteiger partial charge in [-0.1, -0.05) is 0 Å². The number of likely N-dealkylation sites (tertiary alicyclic amines) is 1. The van der Waals surface area contributed by atoms with E-state index in [0.717, 1.165) is 61.2 Å². The van der Waals surface area contributed by atoms with Crippen molar-refractivity contribution in [1.82, 2.24) is 19.9 Å². The Morgan fingerprint density at radius 3 is 2.92 bits per heavy atom. The molecule has 2 aromatic heterocycles. The summed E-state index contributed by atoms with van der Waals surface area (Å²) in [5.41, 5.74) is 3.97. The van der Waals surface area contributed by atoms with Gasteiger partial charge >= 0.3 is 0 Å². The monoisotopic (exact) mass is 352 g/mol. The Morgan fingerprint density at radius 2 is 2.08 bits per heavy atom. The number of hydrogen-bond donors (Lipinski definition) is 1. The number of nitrogens with zero attached hydrogens (tertiary/aromatic N) is 3. The van der Waals surface area contributed by atoms with Crippen LogP contribution in [0.15, 0.2) is 23.3 Å². The number of aromatic nitrogens is 3. The molecule has 6 nitrogen and oxygen atoms in total. The topological polar surface area (TPSA) is 79.0 Å². The van der Waals surface area contributed by atoms with E-state index < -0.39 is 0 Å². The minimum atomic E-state index is -0.256. The molecule has 3 heterocycles. The van der Waals surface area contributed by atoms with Crippen LogP contribution in [-0.4, -0.2) is 38.8 Å². The van der Waals surface area contributed by atoms with Crippen molar-refractivity contribution in [2.24, 2.45) is 0 Å². The Morgan fingerprint density at radius 1 is 1.23 bits per heavy atom. The Balaban J connectivity index is 1.57. The Hall–Kier alpha value is -2.50. The van der Waals surface area contributed by atoms with Gasteiger partial charge in [-0.3, -0.25) is 19.6 Å². The Bertz CT molecular complexity index is 890. The maximum Gasteiger partial charge on any atom is 0.261 e. The smallest absolute Gasteiger partial charge is 0.261 e. The zero-order valence-electron chi connectivity index (χ0n) is 15.1. The first-order valence-electron chi connectivity index (χ1n) is 9.44. The van der Waals surface area contributed by atoms with Crippen LogP contribution in [0.5, 0.6) is 0 Å². The summed E-state index contributed by atoms with van der Waals surface area (Å²) < 4.78 is 0. The van der Waals surface area contributed by atoms with Crippen LogP contribution in [0, 0.1) is 6.92 Å². The third kappa shape index (κ3) is 3.28. The molecule has 1 N–H and O–H groups in total. The molecule has 2 aliphatic rings. The maximum absolute atomic E-state index is 13.0. The number of hydrogen-bond acceptors (Lipinski definition) is 4. The number of piperidine rings is 1. The van der Waals surface area contributed by atoms with Crippen molar-refractivity contribution < 1.29 is 4.79 Å². The van der Waals surface area contributed by atoms with Crippen LogP contribution in [0.4, 0.5) is 0 Å². The Labute approximate surface area is 152 Å². The van der Waals surface area contributed by atoms with Crippen LogP contribution < -0.4 is 5.56 Å². The molecule has 2 aromatic rings. The molecule has 0 radical (unpaired) electrons.